The highest BCUT2D eigenvalue weighted by molar-refractivity contribution is 7.98. The lowest BCUT2D eigenvalue weighted by atomic mass is 10.2. The Morgan fingerprint density at radius 2 is 2.40 bits per heavy atom. The van der Waals surface area contributed by atoms with Crippen molar-refractivity contribution in [3.63, 3.8) is 0 Å². The molecule has 0 radical (unpaired) electrons. The molecule has 1 heterocycles. The van der Waals surface area contributed by atoms with Crippen molar-refractivity contribution in [1.29, 1.82) is 0 Å². The topological polar surface area (TPSA) is 76.2 Å². The number of hydrogen-bond acceptors (Lipinski definition) is 5. The molecule has 84 valence electrons. The van der Waals surface area contributed by atoms with E-state index in [1.54, 1.807) is 6.92 Å². The maximum absolute atomic E-state index is 10.5. The third-order valence-electron chi connectivity index (χ3n) is 1.83. The molecule has 0 aliphatic carbocycles. The van der Waals surface area contributed by atoms with Crippen LogP contribution in [0.1, 0.15) is 25.6 Å². The second kappa shape index (κ2) is 5.75. The van der Waals surface area contributed by atoms with Gasteiger partial charge in [-0.25, -0.2) is 0 Å². The molecule has 1 unspecified atom stereocenters. The number of rotatable bonds is 6. The summed E-state index contributed by atoms with van der Waals surface area (Å²) < 4.78 is 4.93. The molecule has 1 rings (SSSR count). The maximum Gasteiger partial charge on any atom is 0.307 e. The third-order valence-corrected chi connectivity index (χ3v) is 3.03. The lowest BCUT2D eigenvalue weighted by Gasteiger charge is -2.02. The van der Waals surface area contributed by atoms with Crippen LogP contribution in [0.3, 0.4) is 0 Å². The Balaban J connectivity index is 2.28. The summed E-state index contributed by atoms with van der Waals surface area (Å²) in [5.41, 5.74) is 0. The minimum Gasteiger partial charge on any atom is -0.481 e. The summed E-state index contributed by atoms with van der Waals surface area (Å²) in [5, 5.41) is 12.4. The van der Waals surface area contributed by atoms with Gasteiger partial charge in [0.25, 0.3) is 0 Å². The van der Waals surface area contributed by atoms with Gasteiger partial charge >= 0.3 is 5.97 Å². The molecular weight excluding hydrogens is 216 g/mol. The first-order valence-electron chi connectivity index (χ1n) is 4.75. The highest BCUT2D eigenvalue weighted by atomic mass is 32.2. The Morgan fingerprint density at radius 3 is 2.93 bits per heavy atom. The van der Waals surface area contributed by atoms with E-state index in [1.165, 1.54) is 11.8 Å². The number of aryl methyl sites for hydroxylation is 1. The number of carbonyl (C=O) groups is 1. The summed E-state index contributed by atoms with van der Waals surface area (Å²) in [4.78, 5) is 14.7. The largest absolute Gasteiger partial charge is 0.481 e. The summed E-state index contributed by atoms with van der Waals surface area (Å²) in [6.07, 6.45) is 0.725. The van der Waals surface area contributed by atoms with Crippen LogP contribution in [-0.2, 0) is 17.0 Å². The molecule has 6 heteroatoms. The van der Waals surface area contributed by atoms with Crippen LogP contribution >= 0.6 is 11.8 Å². The Morgan fingerprint density at radius 1 is 1.67 bits per heavy atom. The Hall–Kier alpha value is -1.04. The Bertz CT molecular complexity index is 327. The molecule has 0 saturated carbocycles. The molecule has 1 atom stereocenters. The van der Waals surface area contributed by atoms with Crippen LogP contribution in [0.4, 0.5) is 0 Å². The summed E-state index contributed by atoms with van der Waals surface area (Å²) >= 11 is 1.50. The zero-order valence-corrected chi connectivity index (χ0v) is 9.58. The monoisotopic (exact) mass is 230 g/mol. The predicted octanol–water partition coefficient (Wildman–Crippen LogP) is 1.59. The zero-order valence-electron chi connectivity index (χ0n) is 8.77. The van der Waals surface area contributed by atoms with Crippen molar-refractivity contribution in [1.82, 2.24) is 10.1 Å². The third kappa shape index (κ3) is 3.91. The highest BCUT2D eigenvalue weighted by Crippen LogP contribution is 2.13. The van der Waals surface area contributed by atoms with Gasteiger partial charge in [0.1, 0.15) is 0 Å². The SMILES string of the molecule is CCc1nc(CSCC(C)C(=O)O)no1. The minimum absolute atomic E-state index is 0.340. The van der Waals surface area contributed by atoms with Gasteiger partial charge in [-0.2, -0.15) is 16.7 Å². The first-order chi connectivity index (χ1) is 7.13. The van der Waals surface area contributed by atoms with Gasteiger partial charge < -0.3 is 9.63 Å². The predicted molar refractivity (Wildman–Crippen MR) is 56.6 cm³/mol. The molecule has 0 spiro atoms. The number of nitrogens with zero attached hydrogens (tertiary/aromatic N) is 2. The fraction of sp³-hybridized carbons (Fsp3) is 0.667. The number of thioether (sulfide) groups is 1. The fourth-order valence-corrected chi connectivity index (χ4v) is 1.80. The van der Waals surface area contributed by atoms with Crippen LogP contribution in [0.25, 0.3) is 0 Å². The molecule has 0 bridgehead atoms. The van der Waals surface area contributed by atoms with Crippen molar-refractivity contribution < 1.29 is 14.4 Å². The number of carboxylic acid groups (broad SMARTS) is 1. The molecule has 0 aliphatic rings. The fourth-order valence-electron chi connectivity index (χ4n) is 0.891. The van der Waals surface area contributed by atoms with Crippen LogP contribution < -0.4 is 0 Å². The van der Waals surface area contributed by atoms with Gasteiger partial charge in [0.05, 0.1) is 11.7 Å². The van der Waals surface area contributed by atoms with Crippen LogP contribution in [0.2, 0.25) is 0 Å². The van der Waals surface area contributed by atoms with Crippen molar-refractivity contribution in [2.75, 3.05) is 5.75 Å². The number of aromatic nitrogens is 2. The number of carboxylic acids is 1. The van der Waals surface area contributed by atoms with E-state index in [2.05, 4.69) is 10.1 Å². The van der Waals surface area contributed by atoms with Crippen LogP contribution in [-0.4, -0.2) is 27.0 Å². The minimum atomic E-state index is -0.773. The molecule has 1 aromatic heterocycles. The molecule has 0 aliphatic heterocycles. The van der Waals surface area contributed by atoms with E-state index in [9.17, 15) is 4.79 Å². The molecule has 15 heavy (non-hydrogen) atoms. The van der Waals surface area contributed by atoms with Crippen molar-refractivity contribution in [3.05, 3.63) is 11.7 Å². The van der Waals surface area contributed by atoms with E-state index in [-0.39, 0.29) is 5.92 Å². The molecule has 0 saturated heterocycles. The Labute approximate surface area is 92.2 Å². The molecule has 1 N–H and O–H groups in total. The smallest absolute Gasteiger partial charge is 0.307 e. The second-order valence-corrected chi connectivity index (χ2v) is 4.24. The second-order valence-electron chi connectivity index (χ2n) is 3.21. The van der Waals surface area contributed by atoms with Gasteiger partial charge in [-0.15, -0.1) is 0 Å². The van der Waals surface area contributed by atoms with Gasteiger partial charge in [0, 0.05) is 12.2 Å². The van der Waals surface area contributed by atoms with E-state index >= 15 is 0 Å². The summed E-state index contributed by atoms with van der Waals surface area (Å²) in [6, 6.07) is 0. The summed E-state index contributed by atoms with van der Waals surface area (Å²) in [6.45, 7) is 3.62. The molecular formula is C9H14N2O3S. The van der Waals surface area contributed by atoms with Crippen molar-refractivity contribution >= 4 is 17.7 Å². The van der Waals surface area contributed by atoms with Crippen molar-refractivity contribution in [3.8, 4) is 0 Å². The first-order valence-corrected chi connectivity index (χ1v) is 5.91. The van der Waals surface area contributed by atoms with E-state index in [1.807, 2.05) is 6.92 Å². The van der Waals surface area contributed by atoms with E-state index in [4.69, 9.17) is 9.63 Å². The quantitative estimate of drug-likeness (QED) is 0.799. The summed E-state index contributed by atoms with van der Waals surface area (Å²) in [7, 11) is 0. The van der Waals surface area contributed by atoms with Gasteiger partial charge in [0.2, 0.25) is 5.89 Å². The van der Waals surface area contributed by atoms with Crippen LogP contribution in [0.15, 0.2) is 4.52 Å². The van der Waals surface area contributed by atoms with Gasteiger partial charge in [0.15, 0.2) is 5.82 Å². The molecule has 0 amide bonds. The normalized spacial score (nSPS) is 12.7. The van der Waals surface area contributed by atoms with E-state index < -0.39 is 5.97 Å². The van der Waals surface area contributed by atoms with Crippen LogP contribution in [0.5, 0.6) is 0 Å². The van der Waals surface area contributed by atoms with Crippen LogP contribution in [0, 0.1) is 5.92 Å². The number of aliphatic carboxylic acids is 1. The van der Waals surface area contributed by atoms with Crippen molar-refractivity contribution in [2.24, 2.45) is 5.92 Å². The molecule has 1 aromatic rings. The van der Waals surface area contributed by atoms with Crippen molar-refractivity contribution in [2.45, 2.75) is 26.0 Å². The van der Waals surface area contributed by atoms with Gasteiger partial charge in [-0.05, 0) is 0 Å². The van der Waals surface area contributed by atoms with E-state index in [0.29, 0.717) is 23.2 Å². The average molecular weight is 230 g/mol. The molecule has 5 nitrogen and oxygen atoms in total. The number of hydrogen-bond donors (Lipinski definition) is 1. The van der Waals surface area contributed by atoms with Gasteiger partial charge in [-0.3, -0.25) is 4.79 Å². The summed E-state index contributed by atoms with van der Waals surface area (Å²) in [5.74, 6) is 1.30. The van der Waals surface area contributed by atoms with Gasteiger partial charge in [-0.1, -0.05) is 19.0 Å². The molecule has 0 fully saturated rings. The zero-order chi connectivity index (χ0) is 11.3. The Kier molecular flexibility index (Phi) is 4.61. The van der Waals surface area contributed by atoms with E-state index in [0.717, 1.165) is 6.42 Å². The highest BCUT2D eigenvalue weighted by Gasteiger charge is 2.11. The average Bonchev–Trinajstić information content (AvgIpc) is 2.65. The maximum atomic E-state index is 10.5. The lowest BCUT2D eigenvalue weighted by molar-refractivity contribution is -0.140. The first kappa shape index (κ1) is 12.0. The lowest BCUT2D eigenvalue weighted by Crippen LogP contribution is -2.11. The standard InChI is InChI=1S/C9H14N2O3S/c1-3-8-10-7(11-14-8)5-15-4-6(2)9(12)13/h6H,3-5H2,1-2H3,(H,12,13). The molecule has 0 aromatic carbocycles.